The zero-order valence-electron chi connectivity index (χ0n) is 17.8. The molecule has 0 aromatic heterocycles. The summed E-state index contributed by atoms with van der Waals surface area (Å²) < 4.78 is 0. The second-order valence-electron chi connectivity index (χ2n) is 7.58. The molecule has 4 rings (SSSR count). The Morgan fingerprint density at radius 1 is 0.484 bits per heavy atom. The molecular weight excluding hydrogens is 391 g/mol. The molecule has 0 radical (unpaired) electrons. The van der Waals surface area contributed by atoms with Crippen LogP contribution in [0.15, 0.2) is 135 Å². The van der Waals surface area contributed by atoms with E-state index in [-0.39, 0.29) is 0 Å². The SMILES string of the molecule is C=CCc1ccccc1[P+](c1ccccc1)(c1ccccc1)c1ccccc1CC=C. The highest BCUT2D eigenvalue weighted by Gasteiger charge is 2.49. The maximum absolute atomic E-state index is 4.04. The van der Waals surface area contributed by atoms with E-state index in [1.165, 1.54) is 32.3 Å². The normalized spacial score (nSPS) is 11.1. The Labute approximate surface area is 186 Å². The van der Waals surface area contributed by atoms with Crippen molar-refractivity contribution < 1.29 is 0 Å². The second kappa shape index (κ2) is 9.73. The van der Waals surface area contributed by atoms with Gasteiger partial charge >= 0.3 is 0 Å². The van der Waals surface area contributed by atoms with Crippen LogP contribution >= 0.6 is 7.26 Å². The van der Waals surface area contributed by atoms with Gasteiger partial charge in [-0.1, -0.05) is 84.9 Å². The zero-order chi connectivity index (χ0) is 21.5. The molecule has 4 aromatic rings. The fourth-order valence-corrected chi connectivity index (χ4v) is 9.19. The lowest BCUT2D eigenvalue weighted by Gasteiger charge is -2.30. The van der Waals surface area contributed by atoms with Crippen LogP contribution in [0.25, 0.3) is 0 Å². The van der Waals surface area contributed by atoms with Crippen molar-refractivity contribution in [3.8, 4) is 0 Å². The van der Waals surface area contributed by atoms with E-state index in [0.29, 0.717) is 0 Å². The Balaban J connectivity index is 2.20. The summed E-state index contributed by atoms with van der Waals surface area (Å²) in [5.74, 6) is 0. The average Bonchev–Trinajstić information content (AvgIpc) is 2.83. The molecule has 0 N–H and O–H groups in total. The molecule has 0 aliphatic carbocycles. The molecule has 0 amide bonds. The van der Waals surface area contributed by atoms with Crippen molar-refractivity contribution in [2.45, 2.75) is 12.8 Å². The number of hydrogen-bond donors (Lipinski definition) is 0. The lowest BCUT2D eigenvalue weighted by Crippen LogP contribution is -2.41. The van der Waals surface area contributed by atoms with E-state index in [4.69, 9.17) is 0 Å². The Morgan fingerprint density at radius 3 is 1.23 bits per heavy atom. The highest BCUT2D eigenvalue weighted by atomic mass is 31.2. The van der Waals surface area contributed by atoms with Gasteiger partial charge in [0, 0.05) is 0 Å². The molecule has 0 fully saturated rings. The molecule has 0 nitrogen and oxygen atoms in total. The zero-order valence-corrected chi connectivity index (χ0v) is 18.7. The Hall–Kier alpha value is -3.21. The number of hydrogen-bond acceptors (Lipinski definition) is 0. The molecule has 0 saturated heterocycles. The summed E-state index contributed by atoms with van der Waals surface area (Å²) in [7, 11) is -2.14. The molecule has 0 aliphatic rings. The van der Waals surface area contributed by atoms with Gasteiger partial charge in [0.25, 0.3) is 0 Å². The molecule has 0 atom stereocenters. The third-order valence-corrected chi connectivity index (χ3v) is 10.2. The minimum atomic E-state index is -2.14. The average molecular weight is 420 g/mol. The fourth-order valence-electron chi connectivity index (χ4n) is 4.47. The van der Waals surface area contributed by atoms with Gasteiger partial charge in [0.05, 0.1) is 0 Å². The smallest absolute Gasteiger partial charge is 0.103 e. The minimum absolute atomic E-state index is 0.848. The molecule has 0 bridgehead atoms. The van der Waals surface area contributed by atoms with E-state index in [1.54, 1.807) is 0 Å². The van der Waals surface area contributed by atoms with Gasteiger partial charge in [-0.05, 0) is 60.4 Å². The van der Waals surface area contributed by atoms with Crippen LogP contribution in [-0.4, -0.2) is 0 Å². The molecule has 1 heteroatoms. The minimum Gasteiger partial charge on any atom is -0.103 e. The molecule has 31 heavy (non-hydrogen) atoms. The van der Waals surface area contributed by atoms with Gasteiger partial charge in [0.2, 0.25) is 0 Å². The van der Waals surface area contributed by atoms with E-state index in [0.717, 1.165) is 12.8 Å². The Morgan fingerprint density at radius 2 is 0.839 bits per heavy atom. The lowest BCUT2D eigenvalue weighted by atomic mass is 10.1. The predicted octanol–water partition coefficient (Wildman–Crippen LogP) is 5.76. The topological polar surface area (TPSA) is 0 Å². The summed E-state index contributed by atoms with van der Waals surface area (Å²) in [6.07, 6.45) is 5.72. The van der Waals surface area contributed by atoms with Crippen LogP contribution in [0.3, 0.4) is 0 Å². The standard InChI is InChI=1S/C30H28P/c1-3-15-25-17-11-13-23-29(25)31(27-19-7-5-8-20-27,28-21-9-6-10-22-28)30-24-14-12-18-26(30)16-4-2/h3-14,17-24H,1-2,15-16H2/q+1. The van der Waals surface area contributed by atoms with Crippen molar-refractivity contribution >= 4 is 28.5 Å². The molecular formula is C30H28P+. The van der Waals surface area contributed by atoms with Crippen molar-refractivity contribution in [2.75, 3.05) is 0 Å². The summed E-state index contributed by atoms with van der Waals surface area (Å²) >= 11 is 0. The van der Waals surface area contributed by atoms with Crippen molar-refractivity contribution in [2.24, 2.45) is 0 Å². The summed E-state index contributed by atoms with van der Waals surface area (Å²) in [6.45, 7) is 8.09. The molecule has 0 saturated carbocycles. The summed E-state index contributed by atoms with van der Waals surface area (Å²) in [5, 5.41) is 5.55. The highest BCUT2D eigenvalue weighted by molar-refractivity contribution is 8.01. The molecule has 0 unspecified atom stereocenters. The lowest BCUT2D eigenvalue weighted by molar-refractivity contribution is 1.29. The van der Waals surface area contributed by atoms with Crippen molar-refractivity contribution in [1.82, 2.24) is 0 Å². The maximum atomic E-state index is 4.04. The van der Waals surface area contributed by atoms with Gasteiger partial charge in [0.15, 0.2) is 0 Å². The van der Waals surface area contributed by atoms with Crippen LogP contribution in [0.1, 0.15) is 11.1 Å². The van der Waals surface area contributed by atoms with Crippen molar-refractivity contribution in [1.29, 1.82) is 0 Å². The first-order valence-electron chi connectivity index (χ1n) is 10.7. The predicted molar refractivity (Wildman–Crippen MR) is 139 cm³/mol. The number of allylic oxidation sites excluding steroid dienone is 2. The van der Waals surface area contributed by atoms with Crippen LogP contribution < -0.4 is 21.2 Å². The fraction of sp³-hybridized carbons (Fsp3) is 0.0667. The molecule has 0 aliphatic heterocycles. The maximum Gasteiger partial charge on any atom is 0.144 e. The quantitative estimate of drug-likeness (QED) is 0.251. The van der Waals surface area contributed by atoms with Gasteiger partial charge in [-0.3, -0.25) is 0 Å². The van der Waals surface area contributed by atoms with Crippen molar-refractivity contribution in [3.63, 3.8) is 0 Å². The molecule has 0 spiro atoms. The van der Waals surface area contributed by atoms with Gasteiger partial charge in [-0.25, -0.2) is 0 Å². The van der Waals surface area contributed by atoms with E-state index < -0.39 is 7.26 Å². The first-order chi connectivity index (χ1) is 15.3. The van der Waals surface area contributed by atoms with Gasteiger partial charge in [0.1, 0.15) is 28.5 Å². The van der Waals surface area contributed by atoms with Gasteiger partial charge in [-0.2, -0.15) is 0 Å². The second-order valence-corrected chi connectivity index (χ2v) is 10.9. The van der Waals surface area contributed by atoms with E-state index >= 15 is 0 Å². The van der Waals surface area contributed by atoms with Crippen LogP contribution in [0.4, 0.5) is 0 Å². The summed E-state index contributed by atoms with van der Waals surface area (Å²) in [6, 6.07) is 39.9. The summed E-state index contributed by atoms with van der Waals surface area (Å²) in [5.41, 5.74) is 2.68. The Bertz CT molecular complexity index is 1060. The Kier molecular flexibility index (Phi) is 6.60. The largest absolute Gasteiger partial charge is 0.144 e. The molecule has 4 aromatic carbocycles. The first-order valence-corrected chi connectivity index (χ1v) is 12.5. The third-order valence-electron chi connectivity index (χ3n) is 5.72. The van der Waals surface area contributed by atoms with Crippen LogP contribution in [-0.2, 0) is 12.8 Å². The van der Waals surface area contributed by atoms with Crippen molar-refractivity contribution in [3.05, 3.63) is 146 Å². The summed E-state index contributed by atoms with van der Waals surface area (Å²) in [4.78, 5) is 0. The molecule has 152 valence electrons. The van der Waals surface area contributed by atoms with E-state index in [2.05, 4.69) is 122 Å². The first kappa shape index (κ1) is 21.0. The number of benzene rings is 4. The van der Waals surface area contributed by atoms with Gasteiger partial charge < -0.3 is 0 Å². The van der Waals surface area contributed by atoms with E-state index in [9.17, 15) is 0 Å². The third kappa shape index (κ3) is 3.92. The van der Waals surface area contributed by atoms with Gasteiger partial charge in [-0.15, -0.1) is 13.2 Å². The monoisotopic (exact) mass is 419 g/mol. The van der Waals surface area contributed by atoms with Crippen LogP contribution in [0, 0.1) is 0 Å². The highest BCUT2D eigenvalue weighted by Crippen LogP contribution is 2.55. The van der Waals surface area contributed by atoms with Crippen LogP contribution in [0.2, 0.25) is 0 Å². The van der Waals surface area contributed by atoms with Crippen LogP contribution in [0.5, 0.6) is 0 Å². The molecule has 0 heterocycles. The number of rotatable bonds is 8. The van der Waals surface area contributed by atoms with E-state index in [1.807, 2.05) is 12.2 Å².